The van der Waals surface area contributed by atoms with Gasteiger partial charge in [-0.1, -0.05) is 78.4 Å². The summed E-state index contributed by atoms with van der Waals surface area (Å²) in [5.74, 6) is 0. The summed E-state index contributed by atoms with van der Waals surface area (Å²) in [7, 11) is 0. The second kappa shape index (κ2) is 8.40. The third-order valence-corrected chi connectivity index (χ3v) is 5.99. The molecule has 3 aromatic carbocycles. The number of hydrogen-bond donors (Lipinski definition) is 0. The van der Waals surface area contributed by atoms with Gasteiger partial charge >= 0.3 is 0 Å². The standard InChI is InChI=1S/C29H20N6/c1-20-12-14-23(15-13-20)34-29(22-10-6-3-7-11-22)24(19-30)28(33-34)26-16-17-31-27-18-25(32-35(26)27)21-8-4-2-5-9-21/h2-18H,1H3. The Morgan fingerprint density at radius 2 is 1.46 bits per heavy atom. The number of aromatic nitrogens is 5. The fourth-order valence-electron chi connectivity index (χ4n) is 4.26. The number of aryl methyl sites for hydroxylation is 1. The Balaban J connectivity index is 1.62. The Bertz CT molecular complexity index is 1690. The molecule has 0 N–H and O–H groups in total. The summed E-state index contributed by atoms with van der Waals surface area (Å²) in [4.78, 5) is 4.51. The Morgan fingerprint density at radius 1 is 0.771 bits per heavy atom. The van der Waals surface area contributed by atoms with Crippen LogP contribution in [0.3, 0.4) is 0 Å². The third-order valence-electron chi connectivity index (χ3n) is 5.99. The van der Waals surface area contributed by atoms with Crippen molar-refractivity contribution < 1.29 is 0 Å². The van der Waals surface area contributed by atoms with E-state index in [0.29, 0.717) is 22.6 Å². The van der Waals surface area contributed by atoms with E-state index < -0.39 is 0 Å². The van der Waals surface area contributed by atoms with E-state index in [9.17, 15) is 5.26 Å². The lowest BCUT2D eigenvalue weighted by Gasteiger charge is -2.08. The first kappa shape index (κ1) is 20.6. The highest BCUT2D eigenvalue weighted by Gasteiger charge is 2.24. The van der Waals surface area contributed by atoms with Crippen LogP contribution in [0.15, 0.2) is 103 Å². The molecule has 0 aliphatic carbocycles. The fraction of sp³-hybridized carbons (Fsp3) is 0.0345. The van der Waals surface area contributed by atoms with Gasteiger partial charge in [0, 0.05) is 23.4 Å². The molecule has 6 rings (SSSR count). The van der Waals surface area contributed by atoms with Gasteiger partial charge in [-0.3, -0.25) is 0 Å². The van der Waals surface area contributed by atoms with Gasteiger partial charge in [-0.2, -0.15) is 15.5 Å². The zero-order chi connectivity index (χ0) is 23.8. The van der Waals surface area contributed by atoms with Crippen LogP contribution in [0, 0.1) is 18.3 Å². The van der Waals surface area contributed by atoms with E-state index in [2.05, 4.69) is 11.1 Å². The van der Waals surface area contributed by atoms with Gasteiger partial charge in [-0.25, -0.2) is 14.2 Å². The van der Waals surface area contributed by atoms with Gasteiger partial charge in [0.15, 0.2) is 5.65 Å². The minimum absolute atomic E-state index is 0.487. The van der Waals surface area contributed by atoms with Crippen LogP contribution >= 0.6 is 0 Å². The Hall–Kier alpha value is -5.02. The summed E-state index contributed by atoms with van der Waals surface area (Å²) in [6.45, 7) is 2.05. The van der Waals surface area contributed by atoms with E-state index >= 15 is 0 Å². The van der Waals surface area contributed by atoms with Gasteiger partial charge in [0.1, 0.15) is 17.3 Å². The van der Waals surface area contributed by atoms with Crippen LogP contribution in [0.2, 0.25) is 0 Å². The number of benzene rings is 3. The molecule has 0 bridgehead atoms. The first-order chi connectivity index (χ1) is 17.2. The molecule has 35 heavy (non-hydrogen) atoms. The van der Waals surface area contributed by atoms with Crippen molar-refractivity contribution in [3.63, 3.8) is 0 Å². The third kappa shape index (κ3) is 3.56. The zero-order valence-electron chi connectivity index (χ0n) is 19.0. The van der Waals surface area contributed by atoms with Gasteiger partial charge < -0.3 is 0 Å². The average Bonchev–Trinajstić information content (AvgIpc) is 3.52. The van der Waals surface area contributed by atoms with Crippen molar-refractivity contribution in [2.75, 3.05) is 0 Å². The van der Waals surface area contributed by atoms with Crippen molar-refractivity contribution >= 4 is 5.65 Å². The summed E-state index contributed by atoms with van der Waals surface area (Å²) in [5, 5.41) is 20.1. The van der Waals surface area contributed by atoms with Crippen molar-refractivity contribution in [2.24, 2.45) is 0 Å². The summed E-state index contributed by atoms with van der Waals surface area (Å²) in [6, 6.07) is 34.2. The SMILES string of the molecule is Cc1ccc(-n2nc(-c3ccnc4cc(-c5ccccc5)nn34)c(C#N)c2-c2ccccc2)cc1. The number of hydrogen-bond acceptors (Lipinski definition) is 4. The van der Waals surface area contributed by atoms with Crippen molar-refractivity contribution in [3.05, 3.63) is 114 Å². The first-order valence-electron chi connectivity index (χ1n) is 11.3. The highest BCUT2D eigenvalue weighted by atomic mass is 15.3. The summed E-state index contributed by atoms with van der Waals surface area (Å²) in [6.07, 6.45) is 1.73. The van der Waals surface area contributed by atoms with Crippen LogP contribution in [0.5, 0.6) is 0 Å². The quantitative estimate of drug-likeness (QED) is 0.324. The van der Waals surface area contributed by atoms with Crippen LogP contribution in [-0.2, 0) is 0 Å². The van der Waals surface area contributed by atoms with E-state index in [4.69, 9.17) is 10.2 Å². The number of nitriles is 1. The van der Waals surface area contributed by atoms with E-state index in [1.165, 1.54) is 0 Å². The lowest BCUT2D eigenvalue weighted by Crippen LogP contribution is -2.00. The van der Waals surface area contributed by atoms with E-state index in [1.54, 1.807) is 10.7 Å². The molecule has 0 saturated carbocycles. The zero-order valence-corrected chi connectivity index (χ0v) is 19.0. The molecule has 0 radical (unpaired) electrons. The van der Waals surface area contributed by atoms with Crippen LogP contribution in [0.25, 0.3) is 45.2 Å². The van der Waals surface area contributed by atoms with Gasteiger partial charge in [0.2, 0.25) is 0 Å². The van der Waals surface area contributed by atoms with Gasteiger partial charge in [0.25, 0.3) is 0 Å². The largest absolute Gasteiger partial charge is 0.237 e. The predicted molar refractivity (Wildman–Crippen MR) is 136 cm³/mol. The highest BCUT2D eigenvalue weighted by molar-refractivity contribution is 5.79. The first-order valence-corrected chi connectivity index (χ1v) is 11.3. The average molecular weight is 453 g/mol. The number of nitrogens with zero attached hydrogens (tertiary/aromatic N) is 6. The summed E-state index contributed by atoms with van der Waals surface area (Å²) < 4.78 is 3.61. The molecule has 0 unspecified atom stereocenters. The monoisotopic (exact) mass is 452 g/mol. The predicted octanol–water partition coefficient (Wildman–Crippen LogP) is 6.10. The van der Waals surface area contributed by atoms with Gasteiger partial charge in [-0.15, -0.1) is 0 Å². The summed E-state index contributed by atoms with van der Waals surface area (Å²) >= 11 is 0. The molecule has 0 saturated heterocycles. The number of fused-ring (bicyclic) bond motifs is 1. The highest BCUT2D eigenvalue weighted by Crippen LogP contribution is 2.34. The molecule has 6 nitrogen and oxygen atoms in total. The lowest BCUT2D eigenvalue weighted by molar-refractivity contribution is 0.877. The molecule has 6 heteroatoms. The Morgan fingerprint density at radius 3 is 2.14 bits per heavy atom. The second-order valence-electron chi connectivity index (χ2n) is 8.29. The van der Waals surface area contributed by atoms with E-state index in [-0.39, 0.29) is 0 Å². The molecule has 0 aliphatic heterocycles. The Kier molecular flexibility index (Phi) is 4.94. The normalized spacial score (nSPS) is 11.0. The smallest absolute Gasteiger partial charge is 0.156 e. The maximum atomic E-state index is 10.3. The molecular formula is C29H20N6. The lowest BCUT2D eigenvalue weighted by atomic mass is 10.0. The molecule has 6 aromatic rings. The topological polar surface area (TPSA) is 71.8 Å². The molecule has 166 valence electrons. The van der Waals surface area contributed by atoms with E-state index in [1.807, 2.05) is 109 Å². The summed E-state index contributed by atoms with van der Waals surface area (Å²) in [5.41, 5.74) is 7.95. The molecule has 3 heterocycles. The molecule has 0 aliphatic rings. The molecule has 0 fully saturated rings. The van der Waals surface area contributed by atoms with Crippen LogP contribution in [-0.4, -0.2) is 24.4 Å². The fourth-order valence-corrected chi connectivity index (χ4v) is 4.26. The Labute approximate surface area is 202 Å². The van der Waals surface area contributed by atoms with Crippen molar-refractivity contribution in [1.29, 1.82) is 5.26 Å². The van der Waals surface area contributed by atoms with Crippen LogP contribution in [0.4, 0.5) is 0 Å². The van der Waals surface area contributed by atoms with Gasteiger partial charge in [-0.05, 0) is 25.1 Å². The molecule has 0 atom stereocenters. The molecule has 0 amide bonds. The van der Waals surface area contributed by atoms with Crippen LogP contribution in [0.1, 0.15) is 11.1 Å². The maximum Gasteiger partial charge on any atom is 0.156 e. The van der Waals surface area contributed by atoms with Crippen molar-refractivity contribution in [2.45, 2.75) is 6.92 Å². The molecule has 0 spiro atoms. The van der Waals surface area contributed by atoms with Crippen LogP contribution < -0.4 is 0 Å². The second-order valence-corrected chi connectivity index (χ2v) is 8.29. The van der Waals surface area contributed by atoms with E-state index in [0.717, 1.165) is 33.8 Å². The number of rotatable bonds is 4. The van der Waals surface area contributed by atoms with Gasteiger partial charge in [0.05, 0.1) is 22.8 Å². The van der Waals surface area contributed by atoms with Crippen molar-refractivity contribution in [1.82, 2.24) is 24.4 Å². The molecule has 3 aromatic heterocycles. The molecular weight excluding hydrogens is 432 g/mol. The minimum atomic E-state index is 0.487. The maximum absolute atomic E-state index is 10.3. The van der Waals surface area contributed by atoms with Crippen molar-refractivity contribution in [3.8, 4) is 45.7 Å². The minimum Gasteiger partial charge on any atom is -0.237 e.